The Kier molecular flexibility index (Phi) is 4.73. The number of carbonyl (C=O) groups excluding carboxylic acids is 1. The molecule has 1 aliphatic heterocycles. The number of aromatic amines is 1. The quantitative estimate of drug-likeness (QED) is 0.827. The van der Waals surface area contributed by atoms with E-state index in [1.165, 1.54) is 4.90 Å². The molecule has 0 atom stereocenters. The fourth-order valence-corrected chi connectivity index (χ4v) is 2.31. The molecule has 2 N–H and O–H groups in total. The van der Waals surface area contributed by atoms with Crippen LogP contribution in [0.15, 0.2) is 6.07 Å². The maximum atomic E-state index is 12.4. The van der Waals surface area contributed by atoms with Crippen molar-refractivity contribution in [2.75, 3.05) is 19.8 Å². The molecule has 0 saturated carbocycles. The van der Waals surface area contributed by atoms with E-state index in [1.807, 2.05) is 6.92 Å². The highest BCUT2D eigenvalue weighted by Gasteiger charge is 2.29. The van der Waals surface area contributed by atoms with Crippen molar-refractivity contribution in [1.29, 1.82) is 0 Å². The maximum absolute atomic E-state index is 12.4. The average molecular weight is 281 g/mol. The fraction of sp³-hybridized carbons (Fsp3) is 0.615. The summed E-state index contributed by atoms with van der Waals surface area (Å²) in [4.78, 5) is 24.8. The van der Waals surface area contributed by atoms with E-state index in [0.717, 1.165) is 12.1 Å². The number of hydrogen-bond donors (Lipinski definition) is 2. The van der Waals surface area contributed by atoms with Crippen LogP contribution in [0.4, 0.5) is 0 Å². The van der Waals surface area contributed by atoms with Gasteiger partial charge in [0.1, 0.15) is 12.2 Å². The number of amides is 1. The number of carboxylic acids is 1. The van der Waals surface area contributed by atoms with Crippen molar-refractivity contribution >= 4 is 11.9 Å². The lowest BCUT2D eigenvalue weighted by Crippen LogP contribution is -2.46. The Labute approximate surface area is 116 Å². The molecule has 0 unspecified atom stereocenters. The standard InChI is InChI=1S/C13H19N3O4/c1-2-9-7-11(15-14-9)13(19)16(8-12(17)18)10-3-5-20-6-4-10/h7,10H,2-6,8H2,1H3,(H,14,15)(H,17,18). The normalized spacial score (nSPS) is 16.1. The smallest absolute Gasteiger partial charge is 0.323 e. The zero-order valence-electron chi connectivity index (χ0n) is 11.5. The van der Waals surface area contributed by atoms with Crippen LogP contribution < -0.4 is 0 Å². The Morgan fingerprint density at radius 2 is 2.20 bits per heavy atom. The molecular formula is C13H19N3O4. The highest BCUT2D eigenvalue weighted by atomic mass is 16.5. The summed E-state index contributed by atoms with van der Waals surface area (Å²) in [5.41, 5.74) is 1.13. The van der Waals surface area contributed by atoms with Crippen molar-refractivity contribution in [2.45, 2.75) is 32.2 Å². The summed E-state index contributed by atoms with van der Waals surface area (Å²) in [5.74, 6) is -1.36. The van der Waals surface area contributed by atoms with Crippen LogP contribution in [-0.2, 0) is 16.0 Å². The predicted molar refractivity (Wildman–Crippen MR) is 70.5 cm³/mol. The van der Waals surface area contributed by atoms with Gasteiger partial charge < -0.3 is 14.7 Å². The molecule has 1 amide bonds. The summed E-state index contributed by atoms with van der Waals surface area (Å²) >= 11 is 0. The number of aryl methyl sites for hydroxylation is 1. The molecule has 20 heavy (non-hydrogen) atoms. The topological polar surface area (TPSA) is 95.5 Å². The van der Waals surface area contributed by atoms with E-state index in [4.69, 9.17) is 9.84 Å². The number of aliphatic carboxylic acids is 1. The van der Waals surface area contributed by atoms with Gasteiger partial charge in [-0.25, -0.2) is 0 Å². The van der Waals surface area contributed by atoms with Crippen molar-refractivity contribution in [3.8, 4) is 0 Å². The van der Waals surface area contributed by atoms with Crippen LogP contribution in [0.5, 0.6) is 0 Å². The van der Waals surface area contributed by atoms with Crippen molar-refractivity contribution in [3.63, 3.8) is 0 Å². The van der Waals surface area contributed by atoms with E-state index in [0.29, 0.717) is 26.1 Å². The molecule has 1 saturated heterocycles. The van der Waals surface area contributed by atoms with Crippen molar-refractivity contribution in [2.24, 2.45) is 0 Å². The van der Waals surface area contributed by atoms with Gasteiger partial charge in [-0.15, -0.1) is 0 Å². The van der Waals surface area contributed by atoms with E-state index in [-0.39, 0.29) is 24.2 Å². The van der Waals surface area contributed by atoms with E-state index in [1.54, 1.807) is 6.07 Å². The molecule has 0 aromatic carbocycles. The summed E-state index contributed by atoms with van der Waals surface area (Å²) < 4.78 is 5.25. The third-order valence-electron chi connectivity index (χ3n) is 3.43. The van der Waals surface area contributed by atoms with Crippen LogP contribution in [0, 0.1) is 0 Å². The summed E-state index contributed by atoms with van der Waals surface area (Å²) in [5, 5.41) is 15.8. The molecule has 0 spiro atoms. The van der Waals surface area contributed by atoms with Crippen molar-refractivity contribution in [3.05, 3.63) is 17.5 Å². The van der Waals surface area contributed by atoms with Gasteiger partial charge in [-0.1, -0.05) is 6.92 Å². The first kappa shape index (κ1) is 14.5. The average Bonchev–Trinajstić information content (AvgIpc) is 2.94. The second-order valence-corrected chi connectivity index (χ2v) is 4.80. The molecule has 2 heterocycles. The van der Waals surface area contributed by atoms with Crippen LogP contribution in [0.3, 0.4) is 0 Å². The Hall–Kier alpha value is -1.89. The SMILES string of the molecule is CCc1cc(C(=O)N(CC(=O)O)C2CCOCC2)n[nH]1. The molecule has 0 bridgehead atoms. The van der Waals surface area contributed by atoms with E-state index in [9.17, 15) is 9.59 Å². The van der Waals surface area contributed by atoms with Crippen LogP contribution in [0.25, 0.3) is 0 Å². The summed E-state index contributed by atoms with van der Waals surface area (Å²) in [6, 6.07) is 1.57. The van der Waals surface area contributed by atoms with Crippen LogP contribution in [0.1, 0.15) is 35.9 Å². The molecule has 1 aliphatic rings. The summed E-state index contributed by atoms with van der Waals surface area (Å²) in [6.45, 7) is 2.75. The number of carboxylic acid groups (broad SMARTS) is 1. The molecule has 2 rings (SSSR count). The zero-order valence-corrected chi connectivity index (χ0v) is 11.5. The van der Waals surface area contributed by atoms with Crippen LogP contribution in [0.2, 0.25) is 0 Å². The van der Waals surface area contributed by atoms with Gasteiger partial charge in [0, 0.05) is 24.9 Å². The Bertz CT molecular complexity index is 480. The van der Waals surface area contributed by atoms with Gasteiger partial charge in [-0.3, -0.25) is 14.7 Å². The number of aromatic nitrogens is 2. The largest absolute Gasteiger partial charge is 0.480 e. The third-order valence-corrected chi connectivity index (χ3v) is 3.43. The highest BCUT2D eigenvalue weighted by molar-refractivity contribution is 5.94. The zero-order chi connectivity index (χ0) is 14.5. The molecule has 1 aromatic heterocycles. The van der Waals surface area contributed by atoms with Gasteiger partial charge in [0.25, 0.3) is 5.91 Å². The summed E-state index contributed by atoms with van der Waals surface area (Å²) in [6.07, 6.45) is 2.06. The lowest BCUT2D eigenvalue weighted by Gasteiger charge is -2.32. The number of nitrogens with one attached hydrogen (secondary N) is 1. The van der Waals surface area contributed by atoms with E-state index in [2.05, 4.69) is 10.2 Å². The molecule has 0 aliphatic carbocycles. The Morgan fingerprint density at radius 1 is 1.50 bits per heavy atom. The fourth-order valence-electron chi connectivity index (χ4n) is 2.31. The van der Waals surface area contributed by atoms with Crippen molar-refractivity contribution in [1.82, 2.24) is 15.1 Å². The maximum Gasteiger partial charge on any atom is 0.323 e. The van der Waals surface area contributed by atoms with Crippen LogP contribution >= 0.6 is 0 Å². The molecule has 1 fully saturated rings. The third kappa shape index (κ3) is 3.36. The molecule has 7 nitrogen and oxygen atoms in total. The number of ether oxygens (including phenoxy) is 1. The number of carbonyl (C=O) groups is 2. The molecule has 0 radical (unpaired) electrons. The van der Waals surface area contributed by atoms with Crippen molar-refractivity contribution < 1.29 is 19.4 Å². The monoisotopic (exact) mass is 281 g/mol. The van der Waals surface area contributed by atoms with Gasteiger partial charge in [0.2, 0.25) is 0 Å². The summed E-state index contributed by atoms with van der Waals surface area (Å²) in [7, 11) is 0. The molecule has 7 heteroatoms. The number of nitrogens with zero attached hydrogens (tertiary/aromatic N) is 2. The van der Waals surface area contributed by atoms with E-state index < -0.39 is 5.97 Å². The second kappa shape index (κ2) is 6.51. The highest BCUT2D eigenvalue weighted by Crippen LogP contribution is 2.17. The van der Waals surface area contributed by atoms with Gasteiger partial charge in [0.15, 0.2) is 0 Å². The first-order chi connectivity index (χ1) is 9.61. The molecule has 110 valence electrons. The minimum absolute atomic E-state index is 0.103. The predicted octanol–water partition coefficient (Wildman–Crippen LogP) is 0.678. The van der Waals surface area contributed by atoms with Gasteiger partial charge >= 0.3 is 5.97 Å². The Balaban J connectivity index is 2.16. The molecular weight excluding hydrogens is 262 g/mol. The lowest BCUT2D eigenvalue weighted by atomic mass is 10.1. The number of H-pyrrole nitrogens is 1. The lowest BCUT2D eigenvalue weighted by molar-refractivity contribution is -0.138. The minimum atomic E-state index is -1.02. The number of rotatable bonds is 5. The van der Waals surface area contributed by atoms with Gasteiger partial charge in [-0.05, 0) is 25.3 Å². The number of hydrogen-bond acceptors (Lipinski definition) is 4. The van der Waals surface area contributed by atoms with Gasteiger partial charge in [-0.2, -0.15) is 5.10 Å². The first-order valence-electron chi connectivity index (χ1n) is 6.76. The van der Waals surface area contributed by atoms with Crippen LogP contribution in [-0.4, -0.2) is 57.9 Å². The first-order valence-corrected chi connectivity index (χ1v) is 6.76. The minimum Gasteiger partial charge on any atom is -0.480 e. The Morgan fingerprint density at radius 3 is 2.75 bits per heavy atom. The molecule has 1 aromatic rings. The second-order valence-electron chi connectivity index (χ2n) is 4.80. The van der Waals surface area contributed by atoms with Gasteiger partial charge in [0.05, 0.1) is 0 Å². The van der Waals surface area contributed by atoms with E-state index >= 15 is 0 Å².